The lowest BCUT2D eigenvalue weighted by molar-refractivity contribution is -0.144. The van der Waals surface area contributed by atoms with Crippen molar-refractivity contribution in [1.29, 1.82) is 0 Å². The van der Waals surface area contributed by atoms with Gasteiger partial charge in [0.05, 0.1) is 14.2 Å². The predicted octanol–water partition coefficient (Wildman–Crippen LogP) is 1.80. The summed E-state index contributed by atoms with van der Waals surface area (Å²) in [6.45, 7) is 0. The molecule has 2 rings (SSSR count). The van der Waals surface area contributed by atoms with Crippen LogP contribution in [0.5, 0.6) is 0 Å². The van der Waals surface area contributed by atoms with Gasteiger partial charge >= 0.3 is 11.9 Å². The van der Waals surface area contributed by atoms with Crippen LogP contribution in [-0.2, 0) is 30.3 Å². The molecular formula is C24H26N2O6. The van der Waals surface area contributed by atoms with Crippen molar-refractivity contribution in [2.24, 2.45) is 0 Å². The van der Waals surface area contributed by atoms with Crippen LogP contribution in [0.15, 0.2) is 72.8 Å². The quantitative estimate of drug-likeness (QED) is 0.432. The standard InChI is InChI=1S/C24H26N2O6/c1-31-23(29)19(26-22(28)18-12-7-4-8-13-18)14-9-15-21(27)25-20(24(30)32-2)16-17-10-5-3-6-11-17/h3-13,15,19-20H,14,16H2,1-2H3,(H,25,27)(H,26,28). The average molecular weight is 438 g/mol. The van der Waals surface area contributed by atoms with Gasteiger partial charge in [-0.2, -0.15) is 0 Å². The largest absolute Gasteiger partial charge is 0.467 e. The molecule has 32 heavy (non-hydrogen) atoms. The second-order valence-corrected chi connectivity index (χ2v) is 6.83. The van der Waals surface area contributed by atoms with Crippen molar-refractivity contribution in [3.8, 4) is 0 Å². The number of carbonyl (C=O) groups is 4. The molecule has 0 radical (unpaired) electrons. The summed E-state index contributed by atoms with van der Waals surface area (Å²) in [6, 6.07) is 15.8. The minimum Gasteiger partial charge on any atom is -0.467 e. The van der Waals surface area contributed by atoms with Gasteiger partial charge in [-0.3, -0.25) is 9.59 Å². The van der Waals surface area contributed by atoms with Crippen molar-refractivity contribution in [1.82, 2.24) is 10.6 Å². The molecule has 0 aliphatic carbocycles. The molecule has 0 spiro atoms. The Hall–Kier alpha value is -3.94. The van der Waals surface area contributed by atoms with Crippen molar-refractivity contribution in [2.45, 2.75) is 24.9 Å². The third-order valence-electron chi connectivity index (χ3n) is 4.55. The van der Waals surface area contributed by atoms with Gasteiger partial charge in [-0.05, 0) is 30.2 Å². The van der Waals surface area contributed by atoms with E-state index in [4.69, 9.17) is 9.47 Å². The van der Waals surface area contributed by atoms with Gasteiger partial charge in [0.1, 0.15) is 12.1 Å². The smallest absolute Gasteiger partial charge is 0.328 e. The van der Waals surface area contributed by atoms with Crippen molar-refractivity contribution < 1.29 is 28.7 Å². The Kier molecular flexibility index (Phi) is 9.65. The van der Waals surface area contributed by atoms with E-state index in [1.54, 1.807) is 30.3 Å². The maximum atomic E-state index is 12.3. The van der Waals surface area contributed by atoms with Gasteiger partial charge in [0.2, 0.25) is 5.91 Å². The molecule has 2 amide bonds. The minimum absolute atomic E-state index is 0.0280. The lowest BCUT2D eigenvalue weighted by Crippen LogP contribution is -2.42. The second kappa shape index (κ2) is 12.7. The Morgan fingerprint density at radius 2 is 1.38 bits per heavy atom. The zero-order valence-corrected chi connectivity index (χ0v) is 17.9. The van der Waals surface area contributed by atoms with Crippen molar-refractivity contribution in [3.63, 3.8) is 0 Å². The second-order valence-electron chi connectivity index (χ2n) is 6.83. The summed E-state index contributed by atoms with van der Waals surface area (Å²) < 4.78 is 9.51. The van der Waals surface area contributed by atoms with Gasteiger partial charge in [0, 0.05) is 12.0 Å². The highest BCUT2D eigenvalue weighted by Gasteiger charge is 2.22. The van der Waals surface area contributed by atoms with Gasteiger partial charge in [-0.1, -0.05) is 54.6 Å². The Bertz CT molecular complexity index is 943. The molecule has 0 aliphatic heterocycles. The van der Waals surface area contributed by atoms with Crippen LogP contribution in [0.25, 0.3) is 0 Å². The predicted molar refractivity (Wildman–Crippen MR) is 118 cm³/mol. The van der Waals surface area contributed by atoms with Crippen LogP contribution in [0.2, 0.25) is 0 Å². The Balaban J connectivity index is 1.98. The lowest BCUT2D eigenvalue weighted by Gasteiger charge is -2.16. The van der Waals surface area contributed by atoms with Crippen LogP contribution in [0, 0.1) is 0 Å². The van der Waals surface area contributed by atoms with E-state index in [-0.39, 0.29) is 12.8 Å². The van der Waals surface area contributed by atoms with Gasteiger partial charge in [-0.25, -0.2) is 9.59 Å². The molecule has 2 atom stereocenters. The molecule has 0 heterocycles. The molecule has 2 aromatic carbocycles. The first kappa shape index (κ1) is 24.3. The molecule has 0 fully saturated rings. The van der Waals surface area contributed by atoms with Crippen molar-refractivity contribution in [2.75, 3.05) is 14.2 Å². The van der Waals surface area contributed by atoms with Crippen LogP contribution < -0.4 is 10.6 Å². The number of carbonyl (C=O) groups excluding carboxylic acids is 4. The fraction of sp³-hybridized carbons (Fsp3) is 0.250. The monoisotopic (exact) mass is 438 g/mol. The van der Waals surface area contributed by atoms with E-state index < -0.39 is 35.8 Å². The molecule has 0 saturated heterocycles. The molecule has 2 aromatic rings. The first-order chi connectivity index (χ1) is 15.4. The van der Waals surface area contributed by atoms with E-state index in [2.05, 4.69) is 10.6 Å². The van der Waals surface area contributed by atoms with Gasteiger partial charge < -0.3 is 20.1 Å². The first-order valence-corrected chi connectivity index (χ1v) is 9.97. The molecule has 8 nitrogen and oxygen atoms in total. The number of methoxy groups -OCH3 is 2. The topological polar surface area (TPSA) is 111 Å². The van der Waals surface area contributed by atoms with Crippen LogP contribution in [0.3, 0.4) is 0 Å². The molecular weight excluding hydrogens is 412 g/mol. The van der Waals surface area contributed by atoms with E-state index in [0.29, 0.717) is 5.56 Å². The number of nitrogens with one attached hydrogen (secondary N) is 2. The molecule has 0 bridgehead atoms. The van der Waals surface area contributed by atoms with E-state index in [9.17, 15) is 19.2 Å². The van der Waals surface area contributed by atoms with E-state index in [1.165, 1.54) is 26.4 Å². The SMILES string of the molecule is COC(=O)C(Cc1ccccc1)NC(=O)C=CCC(NC(=O)c1ccccc1)C(=O)OC. The highest BCUT2D eigenvalue weighted by atomic mass is 16.5. The van der Waals surface area contributed by atoms with Crippen LogP contribution in [0.1, 0.15) is 22.3 Å². The molecule has 8 heteroatoms. The number of rotatable bonds is 10. The number of hydrogen-bond donors (Lipinski definition) is 2. The summed E-state index contributed by atoms with van der Waals surface area (Å²) >= 11 is 0. The number of benzene rings is 2. The fourth-order valence-corrected chi connectivity index (χ4v) is 2.90. The summed E-state index contributed by atoms with van der Waals surface area (Å²) in [4.78, 5) is 48.7. The van der Waals surface area contributed by atoms with Crippen LogP contribution in [0.4, 0.5) is 0 Å². The number of hydrogen-bond acceptors (Lipinski definition) is 6. The summed E-state index contributed by atoms with van der Waals surface area (Å²) in [5.74, 6) is -2.18. The van der Waals surface area contributed by atoms with Gasteiger partial charge in [0.15, 0.2) is 0 Å². The van der Waals surface area contributed by atoms with Gasteiger partial charge in [0.25, 0.3) is 5.91 Å². The summed E-state index contributed by atoms with van der Waals surface area (Å²) in [6.07, 6.45) is 2.93. The third kappa shape index (κ3) is 7.71. The third-order valence-corrected chi connectivity index (χ3v) is 4.55. The van der Waals surface area contributed by atoms with Gasteiger partial charge in [-0.15, -0.1) is 0 Å². The number of esters is 2. The Morgan fingerprint density at radius 1 is 0.812 bits per heavy atom. The molecule has 0 aromatic heterocycles. The summed E-state index contributed by atoms with van der Waals surface area (Å²) in [5, 5.41) is 5.18. The highest BCUT2D eigenvalue weighted by Crippen LogP contribution is 2.06. The Morgan fingerprint density at radius 3 is 1.97 bits per heavy atom. The van der Waals surface area contributed by atoms with E-state index in [0.717, 1.165) is 5.56 Å². The van der Waals surface area contributed by atoms with E-state index >= 15 is 0 Å². The average Bonchev–Trinajstić information content (AvgIpc) is 2.83. The van der Waals surface area contributed by atoms with Crippen LogP contribution in [-0.4, -0.2) is 50.1 Å². The summed E-state index contributed by atoms with van der Waals surface area (Å²) in [5.41, 5.74) is 1.26. The Labute approximate surface area is 186 Å². The molecule has 168 valence electrons. The molecule has 2 N–H and O–H groups in total. The number of amides is 2. The highest BCUT2D eigenvalue weighted by molar-refractivity contribution is 5.97. The van der Waals surface area contributed by atoms with Crippen molar-refractivity contribution >= 4 is 23.8 Å². The van der Waals surface area contributed by atoms with Crippen LogP contribution >= 0.6 is 0 Å². The molecule has 0 aliphatic rings. The summed E-state index contributed by atoms with van der Waals surface area (Å²) in [7, 11) is 2.46. The van der Waals surface area contributed by atoms with Crippen molar-refractivity contribution in [3.05, 3.63) is 83.9 Å². The van der Waals surface area contributed by atoms with E-state index in [1.807, 2.05) is 30.3 Å². The molecule has 0 saturated carbocycles. The minimum atomic E-state index is -0.975. The zero-order valence-electron chi connectivity index (χ0n) is 17.9. The lowest BCUT2D eigenvalue weighted by atomic mass is 10.1. The first-order valence-electron chi connectivity index (χ1n) is 9.97. The maximum Gasteiger partial charge on any atom is 0.328 e. The zero-order chi connectivity index (χ0) is 23.3. The fourth-order valence-electron chi connectivity index (χ4n) is 2.90. The molecule has 2 unspecified atom stereocenters. The maximum absolute atomic E-state index is 12.3. The number of ether oxygens (including phenoxy) is 2. The normalized spacial score (nSPS) is 12.4.